The van der Waals surface area contributed by atoms with E-state index < -0.39 is 0 Å². The SMILES string of the molecule is CB(O)N1CCC(Oc2ccc(Br)cc2)CC1.CN1CCN(c2ccc(OC3CCN(Cc4ccnc(N)c4)CC3)cc2)CC1. The summed E-state index contributed by atoms with van der Waals surface area (Å²) in [6.07, 6.45) is 6.41. The van der Waals surface area contributed by atoms with Crippen LogP contribution < -0.4 is 20.1 Å². The normalized spacial score (nSPS) is 19.1. The second-order valence-electron chi connectivity index (χ2n) is 12.4. The maximum absolute atomic E-state index is 9.46. The number of piperazine rings is 1. The summed E-state index contributed by atoms with van der Waals surface area (Å²) < 4.78 is 13.2. The number of nitrogen functional groups attached to an aromatic ring is 1. The largest absolute Gasteiger partial charge is 0.490 e. The Hall–Kier alpha value is -2.83. The lowest BCUT2D eigenvalue weighted by Crippen LogP contribution is -2.45. The highest BCUT2D eigenvalue weighted by atomic mass is 79.9. The van der Waals surface area contributed by atoms with Crippen molar-refractivity contribution in [3.05, 3.63) is 76.9 Å². The molecule has 6 rings (SSSR count). The molecule has 11 heteroatoms. The van der Waals surface area contributed by atoms with Gasteiger partial charge in [-0.2, -0.15) is 0 Å². The van der Waals surface area contributed by atoms with Crippen LogP contribution in [0, 0.1) is 0 Å². The van der Waals surface area contributed by atoms with Gasteiger partial charge in [-0.05, 0) is 119 Å². The Labute approximate surface area is 277 Å². The van der Waals surface area contributed by atoms with Crippen LogP contribution in [0.4, 0.5) is 11.5 Å². The molecular weight excluding hydrogens is 631 g/mol. The zero-order valence-corrected chi connectivity index (χ0v) is 28.3. The number of nitrogens with zero attached hydrogens (tertiary/aromatic N) is 5. The Balaban J connectivity index is 0.000000201. The number of hydrogen-bond acceptors (Lipinski definition) is 9. The number of likely N-dealkylation sites (N-methyl/N-ethyl adjacent to an activating group) is 1. The number of aromatic nitrogens is 1. The first-order valence-electron chi connectivity index (χ1n) is 16.3. The van der Waals surface area contributed by atoms with Crippen molar-refractivity contribution >= 4 is 34.5 Å². The van der Waals surface area contributed by atoms with E-state index in [1.807, 2.05) is 43.2 Å². The molecule has 1 aromatic heterocycles. The zero-order chi connectivity index (χ0) is 31.6. The van der Waals surface area contributed by atoms with Crippen molar-refractivity contribution in [1.29, 1.82) is 0 Å². The molecule has 2 aromatic carbocycles. The third-order valence-corrected chi connectivity index (χ3v) is 9.44. The van der Waals surface area contributed by atoms with E-state index in [-0.39, 0.29) is 13.2 Å². The number of benzene rings is 2. The summed E-state index contributed by atoms with van der Waals surface area (Å²) in [7, 11) is 1.84. The van der Waals surface area contributed by atoms with Gasteiger partial charge in [0, 0.05) is 62.2 Å². The standard InChI is InChI=1S/C22H31N5O.C12H17BBrNO2/c1-25-12-14-27(15-13-25)19-2-4-20(5-3-19)28-21-7-10-26(11-8-21)17-18-6-9-24-22(23)16-18;1-13(16)15-8-6-12(7-9-15)17-11-4-2-10(14)3-5-11/h2-6,9,16,21H,7-8,10-15,17H2,1H3,(H2,23,24);2-5,12,16H,6-9H2,1H3. The van der Waals surface area contributed by atoms with Crippen LogP contribution in [-0.2, 0) is 6.54 Å². The van der Waals surface area contributed by atoms with E-state index in [2.05, 4.69) is 71.7 Å². The van der Waals surface area contributed by atoms with Gasteiger partial charge in [-0.1, -0.05) is 15.9 Å². The maximum Gasteiger partial charge on any atom is 0.376 e. The van der Waals surface area contributed by atoms with Crippen LogP contribution in [0.25, 0.3) is 0 Å². The predicted molar refractivity (Wildman–Crippen MR) is 187 cm³/mol. The quantitative estimate of drug-likeness (QED) is 0.324. The van der Waals surface area contributed by atoms with Crippen molar-refractivity contribution in [2.24, 2.45) is 0 Å². The fraction of sp³-hybridized carbons (Fsp3) is 0.500. The summed E-state index contributed by atoms with van der Waals surface area (Å²) >= 11 is 3.40. The number of likely N-dealkylation sites (tertiary alicyclic amines) is 1. The molecule has 3 aromatic rings. The number of ether oxygens (including phenoxy) is 2. The van der Waals surface area contributed by atoms with Gasteiger partial charge < -0.3 is 34.8 Å². The van der Waals surface area contributed by atoms with Crippen molar-refractivity contribution in [2.45, 2.75) is 51.3 Å². The van der Waals surface area contributed by atoms with Gasteiger partial charge in [0.15, 0.2) is 0 Å². The maximum atomic E-state index is 9.46. The molecule has 0 atom stereocenters. The number of piperidine rings is 2. The second-order valence-corrected chi connectivity index (χ2v) is 13.3. The summed E-state index contributed by atoms with van der Waals surface area (Å²) in [5.74, 6) is 2.50. The third-order valence-electron chi connectivity index (χ3n) is 8.92. The van der Waals surface area contributed by atoms with Crippen LogP contribution in [0.3, 0.4) is 0 Å². The minimum Gasteiger partial charge on any atom is -0.490 e. The monoisotopic (exact) mass is 678 g/mol. The summed E-state index contributed by atoms with van der Waals surface area (Å²) in [6, 6.07) is 20.6. The molecule has 0 amide bonds. The summed E-state index contributed by atoms with van der Waals surface area (Å²) in [6.45, 7) is 11.1. The lowest BCUT2D eigenvalue weighted by Gasteiger charge is -2.34. The molecule has 3 N–H and O–H groups in total. The average Bonchev–Trinajstić information content (AvgIpc) is 3.05. The molecule has 0 unspecified atom stereocenters. The Morgan fingerprint density at radius 2 is 1.38 bits per heavy atom. The van der Waals surface area contributed by atoms with Gasteiger partial charge in [0.05, 0.1) is 0 Å². The first-order chi connectivity index (χ1) is 21.8. The fourth-order valence-corrected chi connectivity index (χ4v) is 6.37. The highest BCUT2D eigenvalue weighted by Crippen LogP contribution is 2.25. The molecule has 3 aliphatic rings. The lowest BCUT2D eigenvalue weighted by molar-refractivity contribution is 0.0968. The minimum atomic E-state index is -0.344. The van der Waals surface area contributed by atoms with Gasteiger partial charge in [0.2, 0.25) is 0 Å². The predicted octanol–water partition coefficient (Wildman–Crippen LogP) is 4.86. The smallest absolute Gasteiger partial charge is 0.376 e. The van der Waals surface area contributed by atoms with Crippen molar-refractivity contribution < 1.29 is 14.5 Å². The van der Waals surface area contributed by atoms with Gasteiger partial charge in [0.1, 0.15) is 29.5 Å². The Kier molecular flexibility index (Phi) is 12.4. The first-order valence-corrected chi connectivity index (χ1v) is 17.1. The summed E-state index contributed by atoms with van der Waals surface area (Å²) in [5, 5.41) is 9.46. The van der Waals surface area contributed by atoms with Crippen LogP contribution in [0.5, 0.6) is 11.5 Å². The molecule has 3 fully saturated rings. The Bertz CT molecular complexity index is 1290. The molecule has 3 saturated heterocycles. The molecule has 0 radical (unpaired) electrons. The van der Waals surface area contributed by atoms with Gasteiger partial charge in [0.25, 0.3) is 0 Å². The third kappa shape index (κ3) is 10.6. The highest BCUT2D eigenvalue weighted by molar-refractivity contribution is 9.10. The number of pyridine rings is 1. The van der Waals surface area contributed by atoms with E-state index in [0.29, 0.717) is 11.9 Å². The van der Waals surface area contributed by atoms with Crippen LogP contribution in [-0.4, -0.2) is 103 Å². The van der Waals surface area contributed by atoms with E-state index >= 15 is 0 Å². The number of hydrogen-bond donors (Lipinski definition) is 2. The second kappa shape index (κ2) is 16.7. The van der Waals surface area contributed by atoms with Crippen LogP contribution in [0.15, 0.2) is 71.3 Å². The number of nitrogens with two attached hydrogens (primary N) is 1. The van der Waals surface area contributed by atoms with Gasteiger partial charge in [-0.15, -0.1) is 0 Å². The first kappa shape index (κ1) is 33.5. The summed E-state index contributed by atoms with van der Waals surface area (Å²) in [5.41, 5.74) is 8.31. The zero-order valence-electron chi connectivity index (χ0n) is 26.7. The van der Waals surface area contributed by atoms with Gasteiger partial charge >= 0.3 is 7.05 Å². The lowest BCUT2D eigenvalue weighted by atomic mass is 9.82. The minimum absolute atomic E-state index is 0.270. The van der Waals surface area contributed by atoms with E-state index in [1.54, 1.807) is 6.20 Å². The van der Waals surface area contributed by atoms with Crippen molar-refractivity contribution in [3.63, 3.8) is 0 Å². The van der Waals surface area contributed by atoms with E-state index in [1.165, 1.54) is 11.3 Å². The van der Waals surface area contributed by atoms with Crippen molar-refractivity contribution in [2.75, 3.05) is 70.0 Å². The molecule has 9 nitrogen and oxygen atoms in total. The molecule has 0 saturated carbocycles. The topological polar surface area (TPSA) is 90.6 Å². The van der Waals surface area contributed by atoms with E-state index in [4.69, 9.17) is 15.2 Å². The number of rotatable bonds is 8. The fourth-order valence-electron chi connectivity index (χ4n) is 6.10. The van der Waals surface area contributed by atoms with Crippen molar-refractivity contribution in [1.82, 2.24) is 19.6 Å². The molecule has 0 aliphatic carbocycles. The molecular formula is C34H48BBrN6O3. The Morgan fingerprint density at radius 1 is 0.822 bits per heavy atom. The van der Waals surface area contributed by atoms with Gasteiger partial charge in [-0.25, -0.2) is 4.98 Å². The van der Waals surface area contributed by atoms with Crippen molar-refractivity contribution in [3.8, 4) is 11.5 Å². The van der Waals surface area contributed by atoms with E-state index in [0.717, 1.165) is 101 Å². The molecule has 242 valence electrons. The number of halogens is 1. The van der Waals surface area contributed by atoms with Gasteiger partial charge in [-0.3, -0.25) is 4.90 Å². The van der Waals surface area contributed by atoms with Crippen LogP contribution in [0.1, 0.15) is 31.2 Å². The Morgan fingerprint density at radius 3 is 1.93 bits per heavy atom. The molecule has 45 heavy (non-hydrogen) atoms. The molecule has 0 spiro atoms. The number of anilines is 2. The summed E-state index contributed by atoms with van der Waals surface area (Å²) in [4.78, 5) is 13.4. The molecule has 0 bridgehead atoms. The highest BCUT2D eigenvalue weighted by Gasteiger charge is 2.25. The molecule has 4 heterocycles. The van der Waals surface area contributed by atoms with Crippen LogP contribution in [0.2, 0.25) is 6.82 Å². The van der Waals surface area contributed by atoms with E-state index in [9.17, 15) is 5.02 Å². The van der Waals surface area contributed by atoms with Crippen LogP contribution >= 0.6 is 15.9 Å². The average molecular weight is 680 g/mol. The molecule has 3 aliphatic heterocycles.